The Labute approximate surface area is 151 Å². The summed E-state index contributed by atoms with van der Waals surface area (Å²) in [5.74, 6) is 2.42. The topological polar surface area (TPSA) is 78.1 Å². The van der Waals surface area contributed by atoms with E-state index in [1.54, 1.807) is 14.2 Å². The van der Waals surface area contributed by atoms with Crippen LogP contribution in [0, 0.1) is 5.92 Å². The minimum absolute atomic E-state index is 0.230. The fourth-order valence-electron chi connectivity index (χ4n) is 2.56. The first-order chi connectivity index (χ1) is 12.0. The SMILES string of the molecule is CCOC(CCN=C(N)NCCc1ccc(OC)c(OC)c1)C(C)C. The van der Waals surface area contributed by atoms with Gasteiger partial charge in [0.05, 0.1) is 20.3 Å². The largest absolute Gasteiger partial charge is 0.493 e. The molecule has 0 heterocycles. The van der Waals surface area contributed by atoms with Crippen LogP contribution in [0.3, 0.4) is 0 Å². The lowest BCUT2D eigenvalue weighted by Gasteiger charge is -2.19. The lowest BCUT2D eigenvalue weighted by molar-refractivity contribution is 0.0266. The number of rotatable bonds is 11. The van der Waals surface area contributed by atoms with Crippen LogP contribution in [0.25, 0.3) is 0 Å². The zero-order chi connectivity index (χ0) is 18.7. The van der Waals surface area contributed by atoms with Crippen LogP contribution in [0.15, 0.2) is 23.2 Å². The van der Waals surface area contributed by atoms with E-state index in [4.69, 9.17) is 19.9 Å². The molecule has 0 amide bonds. The summed E-state index contributed by atoms with van der Waals surface area (Å²) in [4.78, 5) is 4.38. The van der Waals surface area contributed by atoms with Crippen molar-refractivity contribution in [3.05, 3.63) is 23.8 Å². The van der Waals surface area contributed by atoms with E-state index in [0.717, 1.165) is 36.5 Å². The second-order valence-corrected chi connectivity index (χ2v) is 6.16. The monoisotopic (exact) mass is 351 g/mol. The molecule has 142 valence electrons. The molecular formula is C19H33N3O3. The van der Waals surface area contributed by atoms with Crippen LogP contribution < -0.4 is 20.5 Å². The Kier molecular flexibility index (Phi) is 9.77. The van der Waals surface area contributed by atoms with E-state index in [1.807, 2.05) is 25.1 Å². The average molecular weight is 351 g/mol. The molecule has 0 aliphatic rings. The molecule has 0 radical (unpaired) electrons. The third-order valence-electron chi connectivity index (χ3n) is 3.99. The van der Waals surface area contributed by atoms with Gasteiger partial charge in [0, 0.05) is 19.7 Å². The third kappa shape index (κ3) is 7.65. The summed E-state index contributed by atoms with van der Waals surface area (Å²) in [6, 6.07) is 5.90. The van der Waals surface area contributed by atoms with E-state index >= 15 is 0 Å². The first kappa shape index (κ1) is 21.1. The number of aliphatic imine (C=N–C) groups is 1. The Morgan fingerprint density at radius 1 is 1.20 bits per heavy atom. The smallest absolute Gasteiger partial charge is 0.188 e. The normalized spacial score (nSPS) is 13.0. The maximum Gasteiger partial charge on any atom is 0.188 e. The van der Waals surface area contributed by atoms with E-state index in [2.05, 4.69) is 24.2 Å². The lowest BCUT2D eigenvalue weighted by atomic mass is 10.0. The highest BCUT2D eigenvalue weighted by molar-refractivity contribution is 5.77. The molecule has 6 nitrogen and oxygen atoms in total. The van der Waals surface area contributed by atoms with E-state index in [1.165, 1.54) is 0 Å². The van der Waals surface area contributed by atoms with Crippen molar-refractivity contribution in [3.63, 3.8) is 0 Å². The van der Waals surface area contributed by atoms with Crippen LogP contribution in [0.5, 0.6) is 11.5 Å². The summed E-state index contributed by atoms with van der Waals surface area (Å²) >= 11 is 0. The van der Waals surface area contributed by atoms with Crippen molar-refractivity contribution in [2.75, 3.05) is 33.9 Å². The molecule has 1 unspecified atom stereocenters. The van der Waals surface area contributed by atoms with E-state index in [9.17, 15) is 0 Å². The molecule has 0 saturated heterocycles. The van der Waals surface area contributed by atoms with Crippen molar-refractivity contribution in [2.45, 2.75) is 39.7 Å². The molecule has 1 atom stereocenters. The van der Waals surface area contributed by atoms with Gasteiger partial charge in [-0.05, 0) is 43.4 Å². The van der Waals surface area contributed by atoms with Crippen molar-refractivity contribution in [2.24, 2.45) is 16.6 Å². The Balaban J connectivity index is 2.39. The summed E-state index contributed by atoms with van der Waals surface area (Å²) in [5.41, 5.74) is 7.08. The number of hydrogen-bond donors (Lipinski definition) is 2. The number of nitrogens with zero attached hydrogens (tertiary/aromatic N) is 1. The predicted molar refractivity (Wildman–Crippen MR) is 103 cm³/mol. The van der Waals surface area contributed by atoms with Crippen LogP contribution in [0.1, 0.15) is 32.8 Å². The van der Waals surface area contributed by atoms with Crippen LogP contribution in [0.2, 0.25) is 0 Å². The summed E-state index contributed by atoms with van der Waals surface area (Å²) in [5, 5.41) is 3.15. The molecule has 0 aliphatic carbocycles. The van der Waals surface area contributed by atoms with Gasteiger partial charge < -0.3 is 25.3 Å². The van der Waals surface area contributed by atoms with E-state index < -0.39 is 0 Å². The van der Waals surface area contributed by atoms with Gasteiger partial charge in [0.2, 0.25) is 0 Å². The molecule has 3 N–H and O–H groups in total. The van der Waals surface area contributed by atoms with Crippen molar-refractivity contribution in [1.82, 2.24) is 5.32 Å². The minimum Gasteiger partial charge on any atom is -0.493 e. The summed E-state index contributed by atoms with van der Waals surface area (Å²) < 4.78 is 16.3. The van der Waals surface area contributed by atoms with Gasteiger partial charge in [0.1, 0.15) is 0 Å². The van der Waals surface area contributed by atoms with Crippen molar-refractivity contribution in [3.8, 4) is 11.5 Å². The Hall–Kier alpha value is -1.95. The Morgan fingerprint density at radius 2 is 1.92 bits per heavy atom. The van der Waals surface area contributed by atoms with Crippen molar-refractivity contribution >= 4 is 5.96 Å². The molecule has 1 rings (SSSR count). The van der Waals surface area contributed by atoms with Crippen LogP contribution in [-0.2, 0) is 11.2 Å². The van der Waals surface area contributed by atoms with Gasteiger partial charge in [-0.1, -0.05) is 19.9 Å². The zero-order valence-electron chi connectivity index (χ0n) is 16.2. The molecule has 1 aromatic carbocycles. The molecule has 0 aromatic heterocycles. The van der Waals surface area contributed by atoms with Crippen molar-refractivity contribution < 1.29 is 14.2 Å². The molecule has 0 saturated carbocycles. The van der Waals surface area contributed by atoms with Gasteiger partial charge in [-0.15, -0.1) is 0 Å². The standard InChI is InChI=1S/C19H33N3O3/c1-6-25-16(14(2)3)10-12-22-19(20)21-11-9-15-7-8-17(23-4)18(13-15)24-5/h7-8,13-14,16H,6,9-12H2,1-5H3,(H3,20,21,22). The van der Waals surface area contributed by atoms with Crippen molar-refractivity contribution in [1.29, 1.82) is 0 Å². The zero-order valence-corrected chi connectivity index (χ0v) is 16.2. The van der Waals surface area contributed by atoms with Crippen LogP contribution >= 0.6 is 0 Å². The second-order valence-electron chi connectivity index (χ2n) is 6.16. The highest BCUT2D eigenvalue weighted by Gasteiger charge is 2.12. The summed E-state index contributed by atoms with van der Waals surface area (Å²) in [7, 11) is 3.27. The first-order valence-corrected chi connectivity index (χ1v) is 8.88. The molecule has 0 spiro atoms. The summed E-state index contributed by atoms with van der Waals surface area (Å²) in [6.07, 6.45) is 1.93. The van der Waals surface area contributed by atoms with E-state index in [-0.39, 0.29) is 6.10 Å². The highest BCUT2D eigenvalue weighted by atomic mass is 16.5. The molecule has 0 bridgehead atoms. The number of nitrogens with two attached hydrogens (primary N) is 1. The molecule has 25 heavy (non-hydrogen) atoms. The number of guanidine groups is 1. The Morgan fingerprint density at radius 3 is 2.52 bits per heavy atom. The molecule has 6 heteroatoms. The number of methoxy groups -OCH3 is 2. The van der Waals surface area contributed by atoms with Gasteiger partial charge in [-0.3, -0.25) is 4.99 Å². The number of nitrogens with one attached hydrogen (secondary N) is 1. The maximum atomic E-state index is 5.93. The third-order valence-corrected chi connectivity index (χ3v) is 3.99. The molecule has 1 aromatic rings. The fourth-order valence-corrected chi connectivity index (χ4v) is 2.56. The highest BCUT2D eigenvalue weighted by Crippen LogP contribution is 2.27. The fraction of sp³-hybridized carbons (Fsp3) is 0.632. The molecule has 0 aliphatic heterocycles. The lowest BCUT2D eigenvalue weighted by Crippen LogP contribution is -2.33. The number of benzene rings is 1. The van der Waals surface area contributed by atoms with Crippen LogP contribution in [0.4, 0.5) is 0 Å². The summed E-state index contributed by atoms with van der Waals surface area (Å²) in [6.45, 7) is 8.44. The first-order valence-electron chi connectivity index (χ1n) is 8.88. The average Bonchev–Trinajstić information content (AvgIpc) is 2.60. The molecule has 0 fully saturated rings. The van der Waals surface area contributed by atoms with Crippen LogP contribution in [-0.4, -0.2) is 46.0 Å². The molecular weight excluding hydrogens is 318 g/mol. The predicted octanol–water partition coefficient (Wildman–Crippen LogP) is 2.60. The quantitative estimate of drug-likeness (QED) is 0.473. The van der Waals surface area contributed by atoms with Gasteiger partial charge in [0.15, 0.2) is 17.5 Å². The van der Waals surface area contributed by atoms with E-state index in [0.29, 0.717) is 25.0 Å². The van der Waals surface area contributed by atoms with Gasteiger partial charge in [-0.2, -0.15) is 0 Å². The second kappa shape index (κ2) is 11.6. The minimum atomic E-state index is 0.230. The Bertz CT molecular complexity index is 533. The van der Waals surface area contributed by atoms with Gasteiger partial charge >= 0.3 is 0 Å². The van der Waals surface area contributed by atoms with Gasteiger partial charge in [-0.25, -0.2) is 0 Å². The van der Waals surface area contributed by atoms with Gasteiger partial charge in [0.25, 0.3) is 0 Å². The number of hydrogen-bond acceptors (Lipinski definition) is 4. The maximum absolute atomic E-state index is 5.93. The number of ether oxygens (including phenoxy) is 3.